The molecule has 1 unspecified atom stereocenters. The van der Waals surface area contributed by atoms with E-state index in [1.54, 1.807) is 0 Å². The van der Waals surface area contributed by atoms with E-state index in [1.165, 1.54) is 0 Å². The zero-order valence-corrected chi connectivity index (χ0v) is 11.1. The van der Waals surface area contributed by atoms with Crippen LogP contribution in [0.2, 0.25) is 0 Å². The smallest absolute Gasteiger partial charge is 0.184 e. The van der Waals surface area contributed by atoms with Crippen molar-refractivity contribution in [3.8, 4) is 0 Å². The normalized spacial score (nSPS) is 49.5. The molecule has 6 nitrogen and oxygen atoms in total. The molecule has 3 aliphatic heterocycles. The van der Waals surface area contributed by atoms with Gasteiger partial charge in [0.15, 0.2) is 17.9 Å². The molecule has 0 aliphatic carbocycles. The van der Waals surface area contributed by atoms with Gasteiger partial charge in [0.1, 0.15) is 24.4 Å². The molecular formula is C12H20O6. The Morgan fingerprint density at radius 3 is 2.17 bits per heavy atom. The highest BCUT2D eigenvalue weighted by atomic mass is 16.8. The van der Waals surface area contributed by atoms with Gasteiger partial charge in [-0.25, -0.2) is 0 Å². The molecule has 3 rings (SSSR count). The Morgan fingerprint density at radius 1 is 0.889 bits per heavy atom. The standard InChI is InChI=1S/C12H20O6/c1-11(2)14-5-6(16-11)7-8-9(10(13)15-7)18-12(3,4)17-8/h6-10,13H,5H2,1-4H3/t6-,7+,8-,9-,10?/m0/s1. The minimum Gasteiger partial charge on any atom is -0.366 e. The maximum atomic E-state index is 9.87. The highest BCUT2D eigenvalue weighted by Crippen LogP contribution is 2.41. The summed E-state index contributed by atoms with van der Waals surface area (Å²) in [4.78, 5) is 0. The molecule has 0 saturated carbocycles. The summed E-state index contributed by atoms with van der Waals surface area (Å²) >= 11 is 0. The van der Waals surface area contributed by atoms with Crippen LogP contribution >= 0.6 is 0 Å². The average molecular weight is 260 g/mol. The lowest BCUT2D eigenvalue weighted by Gasteiger charge is -2.26. The molecule has 3 heterocycles. The molecule has 0 aromatic rings. The Labute approximate surface area is 106 Å². The van der Waals surface area contributed by atoms with Gasteiger partial charge in [0, 0.05) is 0 Å². The third kappa shape index (κ3) is 2.07. The molecular weight excluding hydrogens is 240 g/mol. The number of aliphatic hydroxyl groups excluding tert-OH is 1. The summed E-state index contributed by atoms with van der Waals surface area (Å²) in [6.07, 6.45) is -2.38. The fourth-order valence-electron chi connectivity index (χ4n) is 2.78. The molecule has 18 heavy (non-hydrogen) atoms. The maximum absolute atomic E-state index is 9.87. The Kier molecular flexibility index (Phi) is 2.75. The first-order valence-electron chi connectivity index (χ1n) is 6.28. The van der Waals surface area contributed by atoms with Crippen molar-refractivity contribution in [1.29, 1.82) is 0 Å². The molecule has 6 heteroatoms. The number of rotatable bonds is 1. The van der Waals surface area contributed by atoms with Crippen molar-refractivity contribution in [3.63, 3.8) is 0 Å². The first-order chi connectivity index (χ1) is 8.27. The van der Waals surface area contributed by atoms with Gasteiger partial charge in [-0.2, -0.15) is 0 Å². The molecule has 0 radical (unpaired) electrons. The lowest BCUT2D eigenvalue weighted by Crippen LogP contribution is -2.40. The molecule has 0 aromatic carbocycles. The Hall–Kier alpha value is -0.240. The van der Waals surface area contributed by atoms with Crippen LogP contribution in [0.5, 0.6) is 0 Å². The summed E-state index contributed by atoms with van der Waals surface area (Å²) in [5.74, 6) is -1.32. The summed E-state index contributed by atoms with van der Waals surface area (Å²) in [6.45, 7) is 7.78. The lowest BCUT2D eigenvalue weighted by atomic mass is 10.1. The Balaban J connectivity index is 1.75. The second-order valence-electron chi connectivity index (χ2n) is 5.92. The first kappa shape index (κ1) is 12.8. The third-order valence-electron chi connectivity index (χ3n) is 3.46. The second-order valence-corrected chi connectivity index (χ2v) is 5.92. The van der Waals surface area contributed by atoms with Crippen LogP contribution in [0.3, 0.4) is 0 Å². The van der Waals surface area contributed by atoms with Crippen molar-refractivity contribution in [2.24, 2.45) is 0 Å². The van der Waals surface area contributed by atoms with Crippen LogP contribution in [-0.4, -0.2) is 54.0 Å². The zero-order valence-electron chi connectivity index (χ0n) is 11.1. The molecule has 0 spiro atoms. The van der Waals surface area contributed by atoms with Gasteiger partial charge in [0.25, 0.3) is 0 Å². The zero-order chi connectivity index (χ0) is 13.1. The molecule has 0 amide bonds. The quantitative estimate of drug-likeness (QED) is 0.735. The van der Waals surface area contributed by atoms with Crippen LogP contribution in [0.4, 0.5) is 0 Å². The predicted octanol–water partition coefficient (Wildman–Crippen LogP) is 0.375. The Bertz CT molecular complexity index is 341. The monoisotopic (exact) mass is 260 g/mol. The SMILES string of the molecule is CC1(C)OC[C@@H]([C@H]2OC(O)[C@H]3OC(C)(C)O[C@@H]23)O1. The van der Waals surface area contributed by atoms with Crippen LogP contribution in [0.15, 0.2) is 0 Å². The summed E-state index contributed by atoms with van der Waals surface area (Å²) in [5.41, 5.74) is 0. The number of fused-ring (bicyclic) bond motifs is 1. The van der Waals surface area contributed by atoms with E-state index in [0.29, 0.717) is 6.61 Å². The molecule has 0 aromatic heterocycles. The van der Waals surface area contributed by atoms with E-state index in [4.69, 9.17) is 23.7 Å². The topological polar surface area (TPSA) is 66.4 Å². The summed E-state index contributed by atoms with van der Waals surface area (Å²) in [5, 5.41) is 9.87. The van der Waals surface area contributed by atoms with E-state index in [9.17, 15) is 5.11 Å². The van der Waals surface area contributed by atoms with Crippen LogP contribution < -0.4 is 0 Å². The molecule has 3 saturated heterocycles. The van der Waals surface area contributed by atoms with E-state index in [1.807, 2.05) is 27.7 Å². The third-order valence-corrected chi connectivity index (χ3v) is 3.46. The van der Waals surface area contributed by atoms with Crippen molar-refractivity contribution in [2.45, 2.75) is 70.0 Å². The highest BCUT2D eigenvalue weighted by molar-refractivity contribution is 4.99. The van der Waals surface area contributed by atoms with Gasteiger partial charge in [0.05, 0.1) is 6.61 Å². The van der Waals surface area contributed by atoms with Crippen LogP contribution in [0.1, 0.15) is 27.7 Å². The van der Waals surface area contributed by atoms with Crippen molar-refractivity contribution in [1.82, 2.24) is 0 Å². The van der Waals surface area contributed by atoms with Gasteiger partial charge in [0.2, 0.25) is 0 Å². The van der Waals surface area contributed by atoms with Gasteiger partial charge in [-0.05, 0) is 27.7 Å². The van der Waals surface area contributed by atoms with Gasteiger partial charge in [-0.1, -0.05) is 0 Å². The van der Waals surface area contributed by atoms with Crippen molar-refractivity contribution >= 4 is 0 Å². The van der Waals surface area contributed by atoms with Crippen LogP contribution in [-0.2, 0) is 23.7 Å². The first-order valence-corrected chi connectivity index (χ1v) is 6.28. The van der Waals surface area contributed by atoms with Gasteiger partial charge >= 0.3 is 0 Å². The maximum Gasteiger partial charge on any atom is 0.184 e. The van der Waals surface area contributed by atoms with E-state index in [0.717, 1.165) is 0 Å². The molecule has 5 atom stereocenters. The van der Waals surface area contributed by atoms with Crippen molar-refractivity contribution in [2.75, 3.05) is 6.61 Å². The highest BCUT2D eigenvalue weighted by Gasteiger charge is 2.58. The van der Waals surface area contributed by atoms with Crippen molar-refractivity contribution in [3.05, 3.63) is 0 Å². The number of hydrogen-bond donors (Lipinski definition) is 1. The molecule has 0 bridgehead atoms. The second kappa shape index (κ2) is 3.88. The van der Waals surface area contributed by atoms with Crippen LogP contribution in [0.25, 0.3) is 0 Å². The van der Waals surface area contributed by atoms with Gasteiger partial charge in [-0.15, -0.1) is 0 Å². The fourth-order valence-corrected chi connectivity index (χ4v) is 2.78. The molecule has 104 valence electrons. The van der Waals surface area contributed by atoms with E-state index >= 15 is 0 Å². The minimum atomic E-state index is -0.978. The predicted molar refractivity (Wildman–Crippen MR) is 59.6 cm³/mol. The average Bonchev–Trinajstić information content (AvgIpc) is 2.81. The van der Waals surface area contributed by atoms with E-state index in [-0.39, 0.29) is 18.3 Å². The van der Waals surface area contributed by atoms with Crippen LogP contribution in [0, 0.1) is 0 Å². The molecule has 3 fully saturated rings. The van der Waals surface area contributed by atoms with E-state index in [2.05, 4.69) is 0 Å². The fraction of sp³-hybridized carbons (Fsp3) is 1.00. The number of hydrogen-bond acceptors (Lipinski definition) is 6. The number of ether oxygens (including phenoxy) is 5. The molecule has 1 N–H and O–H groups in total. The van der Waals surface area contributed by atoms with Gasteiger partial charge < -0.3 is 28.8 Å². The summed E-state index contributed by atoms with van der Waals surface area (Å²) < 4.78 is 28.2. The van der Waals surface area contributed by atoms with Crippen molar-refractivity contribution < 1.29 is 28.8 Å². The minimum absolute atomic E-state index is 0.248. The lowest BCUT2D eigenvalue weighted by molar-refractivity contribution is -0.236. The Morgan fingerprint density at radius 2 is 1.56 bits per heavy atom. The molecule has 3 aliphatic rings. The summed E-state index contributed by atoms with van der Waals surface area (Å²) in [6, 6.07) is 0. The van der Waals surface area contributed by atoms with Gasteiger partial charge in [-0.3, -0.25) is 0 Å². The van der Waals surface area contributed by atoms with E-state index < -0.39 is 24.0 Å². The largest absolute Gasteiger partial charge is 0.366 e. The summed E-state index contributed by atoms with van der Waals surface area (Å²) in [7, 11) is 0. The number of aliphatic hydroxyl groups is 1.